The summed E-state index contributed by atoms with van der Waals surface area (Å²) in [7, 11) is 1.28. The number of Topliss-reactive ketones (excluding diaryl/α,β-unsaturated/α-hetero) is 1. The second kappa shape index (κ2) is 5.10. The molecule has 0 fully saturated rings. The molecule has 0 heterocycles. The summed E-state index contributed by atoms with van der Waals surface area (Å²) in [4.78, 5) is 22.6. The van der Waals surface area contributed by atoms with E-state index in [9.17, 15) is 9.59 Å². The van der Waals surface area contributed by atoms with Crippen LogP contribution in [0.1, 0.15) is 17.3 Å². The van der Waals surface area contributed by atoms with Crippen LogP contribution in [0.2, 0.25) is 0 Å². The standard InChI is InChI=1S/C12H12O3/c1-9(8-11(13)15-2)12(14)10-6-4-3-5-7-10/h3-8H,1-2H3/b9-8+. The van der Waals surface area contributed by atoms with Crippen LogP contribution in [0.5, 0.6) is 0 Å². The van der Waals surface area contributed by atoms with Crippen LogP contribution in [-0.2, 0) is 9.53 Å². The molecule has 0 aliphatic heterocycles. The van der Waals surface area contributed by atoms with E-state index in [1.807, 2.05) is 6.07 Å². The first-order valence-corrected chi connectivity index (χ1v) is 4.51. The zero-order valence-electron chi connectivity index (χ0n) is 8.69. The molecule has 0 amide bonds. The van der Waals surface area contributed by atoms with Gasteiger partial charge in [-0.15, -0.1) is 0 Å². The van der Waals surface area contributed by atoms with Gasteiger partial charge in [0.25, 0.3) is 0 Å². The van der Waals surface area contributed by atoms with Crippen LogP contribution >= 0.6 is 0 Å². The monoisotopic (exact) mass is 204 g/mol. The van der Waals surface area contributed by atoms with Crippen LogP contribution in [0.25, 0.3) is 0 Å². The molecule has 0 saturated heterocycles. The molecular weight excluding hydrogens is 192 g/mol. The minimum atomic E-state index is -0.517. The number of benzene rings is 1. The van der Waals surface area contributed by atoms with E-state index < -0.39 is 5.97 Å². The SMILES string of the molecule is COC(=O)/C=C(\C)C(=O)c1ccccc1. The van der Waals surface area contributed by atoms with Crippen LogP contribution in [0, 0.1) is 0 Å². The second-order valence-corrected chi connectivity index (χ2v) is 3.05. The molecule has 0 unspecified atom stereocenters. The van der Waals surface area contributed by atoms with Gasteiger partial charge < -0.3 is 4.74 Å². The summed E-state index contributed by atoms with van der Waals surface area (Å²) in [6.07, 6.45) is 1.19. The van der Waals surface area contributed by atoms with Gasteiger partial charge in [0, 0.05) is 17.2 Å². The van der Waals surface area contributed by atoms with Crippen molar-refractivity contribution in [3.63, 3.8) is 0 Å². The van der Waals surface area contributed by atoms with Crippen LogP contribution in [-0.4, -0.2) is 18.9 Å². The molecule has 0 bridgehead atoms. The lowest BCUT2D eigenvalue weighted by atomic mass is 10.0. The zero-order valence-corrected chi connectivity index (χ0v) is 8.69. The molecule has 0 spiro atoms. The molecule has 0 aliphatic rings. The lowest BCUT2D eigenvalue weighted by Gasteiger charge is -2.00. The topological polar surface area (TPSA) is 43.4 Å². The Morgan fingerprint density at radius 3 is 2.33 bits per heavy atom. The highest BCUT2D eigenvalue weighted by molar-refractivity contribution is 6.10. The minimum Gasteiger partial charge on any atom is -0.466 e. The molecule has 0 aromatic heterocycles. The molecule has 0 aliphatic carbocycles. The van der Waals surface area contributed by atoms with Crippen molar-refractivity contribution in [1.82, 2.24) is 0 Å². The summed E-state index contributed by atoms with van der Waals surface area (Å²) in [6, 6.07) is 8.79. The van der Waals surface area contributed by atoms with Gasteiger partial charge in [0.1, 0.15) is 0 Å². The van der Waals surface area contributed by atoms with Crippen LogP contribution in [0.15, 0.2) is 42.0 Å². The smallest absolute Gasteiger partial charge is 0.330 e. The molecule has 0 radical (unpaired) electrons. The molecule has 15 heavy (non-hydrogen) atoms. The number of hydrogen-bond donors (Lipinski definition) is 0. The zero-order chi connectivity index (χ0) is 11.3. The number of rotatable bonds is 3. The van der Waals surface area contributed by atoms with Crippen molar-refractivity contribution < 1.29 is 14.3 Å². The van der Waals surface area contributed by atoms with Gasteiger partial charge in [0.15, 0.2) is 5.78 Å². The van der Waals surface area contributed by atoms with E-state index in [0.29, 0.717) is 11.1 Å². The van der Waals surface area contributed by atoms with Crippen molar-refractivity contribution in [2.75, 3.05) is 7.11 Å². The van der Waals surface area contributed by atoms with Crippen molar-refractivity contribution in [2.45, 2.75) is 6.92 Å². The average molecular weight is 204 g/mol. The lowest BCUT2D eigenvalue weighted by Crippen LogP contribution is -2.04. The second-order valence-electron chi connectivity index (χ2n) is 3.05. The minimum absolute atomic E-state index is 0.166. The maximum Gasteiger partial charge on any atom is 0.330 e. The van der Waals surface area contributed by atoms with E-state index in [2.05, 4.69) is 4.74 Å². The Balaban J connectivity index is 2.87. The average Bonchev–Trinajstić information content (AvgIpc) is 2.29. The van der Waals surface area contributed by atoms with E-state index in [4.69, 9.17) is 0 Å². The predicted octanol–water partition coefficient (Wildman–Crippen LogP) is 1.99. The molecule has 0 N–H and O–H groups in total. The summed E-state index contributed by atoms with van der Waals surface area (Å²) in [6.45, 7) is 1.59. The van der Waals surface area contributed by atoms with Gasteiger partial charge in [-0.3, -0.25) is 4.79 Å². The Bertz CT molecular complexity index is 391. The first-order chi connectivity index (χ1) is 7.15. The number of carbonyl (C=O) groups excluding carboxylic acids is 2. The van der Waals surface area contributed by atoms with Gasteiger partial charge >= 0.3 is 5.97 Å². The summed E-state index contributed by atoms with van der Waals surface area (Å²) >= 11 is 0. The number of ether oxygens (including phenoxy) is 1. The molecule has 1 rings (SSSR count). The summed E-state index contributed by atoms with van der Waals surface area (Å²) in [5.41, 5.74) is 0.934. The molecule has 1 aromatic carbocycles. The highest BCUT2D eigenvalue weighted by Gasteiger charge is 2.08. The highest BCUT2D eigenvalue weighted by atomic mass is 16.5. The maximum atomic E-state index is 11.7. The van der Waals surface area contributed by atoms with Crippen molar-refractivity contribution in [3.05, 3.63) is 47.5 Å². The molecule has 0 atom stereocenters. The molecule has 1 aromatic rings. The maximum absolute atomic E-state index is 11.7. The molecule has 78 valence electrons. The van der Waals surface area contributed by atoms with Crippen molar-refractivity contribution in [2.24, 2.45) is 0 Å². The highest BCUT2D eigenvalue weighted by Crippen LogP contribution is 2.07. The van der Waals surface area contributed by atoms with Crippen LogP contribution in [0.3, 0.4) is 0 Å². The number of carbonyl (C=O) groups is 2. The number of hydrogen-bond acceptors (Lipinski definition) is 3. The summed E-state index contributed by atoms with van der Waals surface area (Å²) in [5.74, 6) is -0.683. The molecule has 3 nitrogen and oxygen atoms in total. The normalized spacial score (nSPS) is 10.9. The van der Waals surface area contributed by atoms with E-state index >= 15 is 0 Å². The van der Waals surface area contributed by atoms with E-state index in [1.165, 1.54) is 13.2 Å². The van der Waals surface area contributed by atoms with Crippen molar-refractivity contribution >= 4 is 11.8 Å². The van der Waals surface area contributed by atoms with Gasteiger partial charge in [-0.1, -0.05) is 30.3 Å². The largest absolute Gasteiger partial charge is 0.466 e. The fourth-order valence-corrected chi connectivity index (χ4v) is 1.12. The van der Waals surface area contributed by atoms with Gasteiger partial charge in [0.05, 0.1) is 7.11 Å². The number of ketones is 1. The Morgan fingerprint density at radius 2 is 1.80 bits per heavy atom. The van der Waals surface area contributed by atoms with Crippen molar-refractivity contribution in [3.8, 4) is 0 Å². The Kier molecular flexibility index (Phi) is 3.80. The van der Waals surface area contributed by atoms with Gasteiger partial charge in [-0.05, 0) is 6.92 Å². The molecule has 0 saturated carbocycles. The third-order valence-corrected chi connectivity index (χ3v) is 1.93. The van der Waals surface area contributed by atoms with Crippen molar-refractivity contribution in [1.29, 1.82) is 0 Å². The molecule has 3 heteroatoms. The fourth-order valence-electron chi connectivity index (χ4n) is 1.12. The Labute approximate surface area is 88.4 Å². The van der Waals surface area contributed by atoms with Crippen LogP contribution in [0.4, 0.5) is 0 Å². The van der Waals surface area contributed by atoms with E-state index in [-0.39, 0.29) is 5.78 Å². The van der Waals surface area contributed by atoms with E-state index in [0.717, 1.165) is 0 Å². The van der Waals surface area contributed by atoms with Gasteiger partial charge in [-0.25, -0.2) is 4.79 Å². The third kappa shape index (κ3) is 3.06. The fraction of sp³-hybridized carbons (Fsp3) is 0.167. The van der Waals surface area contributed by atoms with Crippen LogP contribution < -0.4 is 0 Å². The van der Waals surface area contributed by atoms with Gasteiger partial charge in [0.2, 0.25) is 0 Å². The third-order valence-electron chi connectivity index (χ3n) is 1.93. The quantitative estimate of drug-likeness (QED) is 0.429. The summed E-state index contributed by atoms with van der Waals surface area (Å²) < 4.78 is 4.44. The first-order valence-electron chi connectivity index (χ1n) is 4.51. The first kappa shape index (κ1) is 11.2. The van der Waals surface area contributed by atoms with Gasteiger partial charge in [-0.2, -0.15) is 0 Å². The summed E-state index contributed by atoms with van der Waals surface area (Å²) in [5, 5.41) is 0. The van der Waals surface area contributed by atoms with E-state index in [1.54, 1.807) is 31.2 Å². The Morgan fingerprint density at radius 1 is 1.20 bits per heavy atom. The number of esters is 1. The Hall–Kier alpha value is -1.90. The predicted molar refractivity (Wildman–Crippen MR) is 56.5 cm³/mol. The number of allylic oxidation sites excluding steroid dienone is 1. The lowest BCUT2D eigenvalue weighted by molar-refractivity contribution is -0.134. The molecular formula is C12H12O3. The number of methoxy groups -OCH3 is 1.